The van der Waals surface area contributed by atoms with Crippen LogP contribution in [0.2, 0.25) is 0 Å². The van der Waals surface area contributed by atoms with Crippen molar-refractivity contribution in [1.29, 1.82) is 0 Å². The Labute approximate surface area is 126 Å². The third-order valence-electron chi connectivity index (χ3n) is 3.48. The van der Waals surface area contributed by atoms with Crippen LogP contribution >= 0.6 is 12.4 Å². The minimum atomic E-state index is -1.73. The fourth-order valence-electron chi connectivity index (χ4n) is 1.51. The summed E-state index contributed by atoms with van der Waals surface area (Å²) >= 11 is 0. The van der Waals surface area contributed by atoms with Gasteiger partial charge in [0, 0.05) is 6.54 Å². The van der Waals surface area contributed by atoms with Crippen molar-refractivity contribution in [3.63, 3.8) is 0 Å². The summed E-state index contributed by atoms with van der Waals surface area (Å²) in [5.74, 6) is -7.31. The molecule has 0 bridgehead atoms. The van der Waals surface area contributed by atoms with Gasteiger partial charge in [0.15, 0.2) is 17.4 Å². The molecule has 1 aromatic carbocycles. The fourth-order valence-corrected chi connectivity index (χ4v) is 1.51. The molecule has 1 unspecified atom stereocenters. The number of phenols is 1. The Kier molecular flexibility index (Phi) is 6.51. The Morgan fingerprint density at radius 2 is 1.90 bits per heavy atom. The first-order chi connectivity index (χ1) is 9.14. The lowest BCUT2D eigenvalue weighted by molar-refractivity contribution is 0.0877. The molecule has 0 radical (unpaired) electrons. The first kappa shape index (κ1) is 19.5. The number of nitrogens with one attached hydrogen (secondary N) is 1. The van der Waals surface area contributed by atoms with E-state index in [4.69, 9.17) is 10.8 Å². The number of halogens is 4. The Hall–Kier alpha value is -1.47. The van der Waals surface area contributed by atoms with E-state index in [2.05, 4.69) is 5.32 Å². The van der Waals surface area contributed by atoms with Gasteiger partial charge in [-0.2, -0.15) is 4.39 Å². The number of hydrogen-bond donors (Lipinski definition) is 3. The summed E-state index contributed by atoms with van der Waals surface area (Å²) in [5, 5.41) is 11.6. The van der Waals surface area contributed by atoms with Crippen LogP contribution < -0.4 is 11.1 Å². The van der Waals surface area contributed by atoms with Crippen molar-refractivity contribution in [3.05, 3.63) is 29.1 Å². The van der Waals surface area contributed by atoms with Gasteiger partial charge in [0.25, 0.3) is 5.91 Å². The molecule has 0 aliphatic heterocycles. The Bertz CT molecular complexity index is 541. The molecule has 0 fully saturated rings. The topological polar surface area (TPSA) is 75.3 Å². The number of carbonyl (C=O) groups is 1. The van der Waals surface area contributed by atoms with E-state index in [9.17, 15) is 18.0 Å². The van der Waals surface area contributed by atoms with Crippen LogP contribution in [0.25, 0.3) is 0 Å². The van der Waals surface area contributed by atoms with Crippen molar-refractivity contribution in [3.8, 4) is 5.75 Å². The van der Waals surface area contributed by atoms with Gasteiger partial charge in [0.1, 0.15) is 0 Å². The van der Waals surface area contributed by atoms with Crippen LogP contribution in [0, 0.1) is 23.4 Å². The number of amides is 1. The minimum absolute atomic E-state index is 0. The van der Waals surface area contributed by atoms with Gasteiger partial charge in [-0.15, -0.1) is 12.4 Å². The van der Waals surface area contributed by atoms with E-state index < -0.39 is 40.2 Å². The van der Waals surface area contributed by atoms with Crippen molar-refractivity contribution >= 4 is 18.3 Å². The van der Waals surface area contributed by atoms with E-state index in [1.807, 2.05) is 0 Å². The van der Waals surface area contributed by atoms with Gasteiger partial charge in [0.05, 0.1) is 11.1 Å². The van der Waals surface area contributed by atoms with Crippen molar-refractivity contribution < 1.29 is 23.1 Å². The molecule has 1 aromatic rings. The lowest BCUT2D eigenvalue weighted by atomic mass is 9.88. The molecule has 0 aliphatic rings. The first-order valence-electron chi connectivity index (χ1n) is 6.03. The molecule has 0 spiro atoms. The highest BCUT2D eigenvalue weighted by Crippen LogP contribution is 2.26. The molecule has 0 heterocycles. The molecule has 0 aromatic heterocycles. The normalized spacial score (nSPS) is 13.5. The highest BCUT2D eigenvalue weighted by atomic mass is 35.5. The zero-order chi connectivity index (χ0) is 15.7. The number of benzene rings is 1. The number of hydrogen-bond acceptors (Lipinski definition) is 3. The van der Waals surface area contributed by atoms with Crippen LogP contribution in [0.3, 0.4) is 0 Å². The van der Waals surface area contributed by atoms with E-state index in [1.54, 1.807) is 20.8 Å². The van der Waals surface area contributed by atoms with Crippen molar-refractivity contribution in [2.24, 2.45) is 11.7 Å². The molecule has 8 heteroatoms. The molecule has 0 saturated carbocycles. The van der Waals surface area contributed by atoms with E-state index in [1.165, 1.54) is 0 Å². The maximum atomic E-state index is 13.6. The predicted octanol–water partition coefficient (Wildman–Crippen LogP) is 2.33. The maximum Gasteiger partial charge on any atom is 0.254 e. The second kappa shape index (κ2) is 7.00. The Morgan fingerprint density at radius 3 is 2.33 bits per heavy atom. The third kappa shape index (κ3) is 3.79. The molecule has 0 saturated heterocycles. The maximum absolute atomic E-state index is 13.6. The number of aromatic hydroxyl groups is 1. The molecule has 21 heavy (non-hydrogen) atoms. The van der Waals surface area contributed by atoms with Gasteiger partial charge in [-0.1, -0.05) is 13.8 Å². The van der Waals surface area contributed by atoms with Crippen molar-refractivity contribution in [2.75, 3.05) is 6.54 Å². The summed E-state index contributed by atoms with van der Waals surface area (Å²) in [4.78, 5) is 12.0. The van der Waals surface area contributed by atoms with E-state index in [0.717, 1.165) is 0 Å². The second-order valence-electron chi connectivity index (χ2n) is 5.11. The van der Waals surface area contributed by atoms with Gasteiger partial charge < -0.3 is 16.2 Å². The quantitative estimate of drug-likeness (QED) is 0.743. The molecular weight excluding hydrogens is 309 g/mol. The standard InChI is InChI=1S/C13H17F3N2O2.ClH/c1-6(2)13(3,5-17)18-12(20)7-4-8(14)10(16)11(19)9(7)15;/h4,6,19H,5,17H2,1-3H3,(H,18,20);1H. The highest BCUT2D eigenvalue weighted by Gasteiger charge is 2.31. The average molecular weight is 327 g/mol. The smallest absolute Gasteiger partial charge is 0.254 e. The predicted molar refractivity (Wildman–Crippen MR) is 75.0 cm³/mol. The summed E-state index contributed by atoms with van der Waals surface area (Å²) in [7, 11) is 0. The summed E-state index contributed by atoms with van der Waals surface area (Å²) in [6.45, 7) is 5.32. The largest absolute Gasteiger partial charge is 0.503 e. The zero-order valence-electron chi connectivity index (χ0n) is 11.8. The number of phenolic OH excluding ortho intramolecular Hbond substituents is 1. The van der Waals surface area contributed by atoms with Crippen molar-refractivity contribution in [2.45, 2.75) is 26.3 Å². The fraction of sp³-hybridized carbons (Fsp3) is 0.462. The SMILES string of the molecule is CC(C)C(C)(CN)NC(=O)c1cc(F)c(F)c(O)c1F.Cl. The zero-order valence-corrected chi connectivity index (χ0v) is 12.7. The molecule has 4 N–H and O–H groups in total. The summed E-state index contributed by atoms with van der Waals surface area (Å²) in [6.07, 6.45) is 0. The van der Waals surface area contributed by atoms with E-state index in [0.29, 0.717) is 6.07 Å². The lowest BCUT2D eigenvalue weighted by Crippen LogP contribution is -2.55. The van der Waals surface area contributed by atoms with Crippen LogP contribution in [0.15, 0.2) is 6.07 Å². The Morgan fingerprint density at radius 1 is 1.38 bits per heavy atom. The third-order valence-corrected chi connectivity index (χ3v) is 3.48. The monoisotopic (exact) mass is 326 g/mol. The highest BCUT2D eigenvalue weighted by molar-refractivity contribution is 5.95. The van der Waals surface area contributed by atoms with Gasteiger partial charge in [-0.25, -0.2) is 8.78 Å². The van der Waals surface area contributed by atoms with Gasteiger partial charge >= 0.3 is 0 Å². The van der Waals surface area contributed by atoms with Gasteiger partial charge in [0.2, 0.25) is 5.82 Å². The van der Waals surface area contributed by atoms with Gasteiger partial charge in [-0.3, -0.25) is 4.79 Å². The molecular formula is C13H18ClF3N2O2. The van der Waals surface area contributed by atoms with Crippen LogP contribution in [-0.4, -0.2) is 23.1 Å². The van der Waals surface area contributed by atoms with E-state index in [-0.39, 0.29) is 24.9 Å². The average Bonchev–Trinajstić information content (AvgIpc) is 2.39. The molecule has 0 aliphatic carbocycles. The first-order valence-corrected chi connectivity index (χ1v) is 6.03. The summed E-state index contributed by atoms with van der Waals surface area (Å²) in [5.41, 5.74) is 3.94. The number of rotatable bonds is 4. The summed E-state index contributed by atoms with van der Waals surface area (Å²) in [6, 6.07) is 0.400. The van der Waals surface area contributed by atoms with E-state index >= 15 is 0 Å². The van der Waals surface area contributed by atoms with Crippen LogP contribution in [0.5, 0.6) is 5.75 Å². The Balaban J connectivity index is 0.00000400. The minimum Gasteiger partial charge on any atom is -0.503 e. The number of carbonyl (C=O) groups excluding carboxylic acids is 1. The molecule has 4 nitrogen and oxygen atoms in total. The molecule has 1 atom stereocenters. The summed E-state index contributed by atoms with van der Waals surface area (Å²) < 4.78 is 39.7. The van der Waals surface area contributed by atoms with Crippen LogP contribution in [0.1, 0.15) is 31.1 Å². The molecule has 1 rings (SSSR count). The second-order valence-corrected chi connectivity index (χ2v) is 5.11. The van der Waals surface area contributed by atoms with Crippen LogP contribution in [-0.2, 0) is 0 Å². The lowest BCUT2D eigenvalue weighted by Gasteiger charge is -2.33. The molecule has 120 valence electrons. The van der Waals surface area contributed by atoms with Gasteiger partial charge in [-0.05, 0) is 18.9 Å². The van der Waals surface area contributed by atoms with Crippen molar-refractivity contribution in [1.82, 2.24) is 5.32 Å². The molecule has 1 amide bonds. The number of nitrogens with two attached hydrogens (primary N) is 1. The van der Waals surface area contributed by atoms with Crippen LogP contribution in [0.4, 0.5) is 13.2 Å².